The molecule has 0 spiro atoms. The normalized spacial score (nSPS) is 17.6. The molecule has 22 heavy (non-hydrogen) atoms. The van der Waals surface area contributed by atoms with Gasteiger partial charge in [-0.3, -0.25) is 15.0 Å². The lowest BCUT2D eigenvalue weighted by atomic mass is 10.0. The summed E-state index contributed by atoms with van der Waals surface area (Å²) in [4.78, 5) is 24.6. The van der Waals surface area contributed by atoms with Gasteiger partial charge in [0.15, 0.2) is 5.82 Å². The number of pyridine rings is 1. The number of carbonyl (C=O) groups is 1. The Morgan fingerprint density at radius 1 is 1.32 bits per heavy atom. The molecule has 1 unspecified atom stereocenters. The van der Waals surface area contributed by atoms with Crippen LogP contribution < -0.4 is 11.0 Å². The minimum Gasteiger partial charge on any atom is -0.272 e. The molecule has 1 atom stereocenters. The van der Waals surface area contributed by atoms with E-state index >= 15 is 0 Å². The lowest BCUT2D eigenvalue weighted by Gasteiger charge is -2.16. The van der Waals surface area contributed by atoms with Crippen molar-refractivity contribution in [2.75, 3.05) is 5.43 Å². The van der Waals surface area contributed by atoms with Gasteiger partial charge in [0.25, 0.3) is 5.56 Å². The molecule has 0 aromatic carbocycles. The number of nitrogens with one attached hydrogen (secondary N) is 1. The number of amides is 1. The van der Waals surface area contributed by atoms with Crippen molar-refractivity contribution < 1.29 is 4.79 Å². The van der Waals surface area contributed by atoms with Crippen LogP contribution >= 0.6 is 0 Å². The molecule has 0 fully saturated rings. The van der Waals surface area contributed by atoms with Gasteiger partial charge in [0.1, 0.15) is 5.92 Å². The quantitative estimate of drug-likeness (QED) is 0.871. The monoisotopic (exact) mass is 302 g/mol. The molecule has 2 aromatic rings. The van der Waals surface area contributed by atoms with Crippen LogP contribution in [0.2, 0.25) is 0 Å². The molecular formula is C14H18N6O2. The fourth-order valence-corrected chi connectivity index (χ4v) is 2.81. The van der Waals surface area contributed by atoms with Crippen LogP contribution in [0.5, 0.6) is 0 Å². The van der Waals surface area contributed by atoms with Crippen LogP contribution in [0.25, 0.3) is 0 Å². The van der Waals surface area contributed by atoms with Gasteiger partial charge in [-0.2, -0.15) is 0 Å². The van der Waals surface area contributed by atoms with Gasteiger partial charge in [-0.1, -0.05) is 6.42 Å². The van der Waals surface area contributed by atoms with E-state index in [1.165, 1.54) is 10.7 Å². The van der Waals surface area contributed by atoms with Gasteiger partial charge in [0, 0.05) is 18.3 Å². The molecule has 116 valence electrons. The first-order valence-corrected chi connectivity index (χ1v) is 7.33. The van der Waals surface area contributed by atoms with Crippen molar-refractivity contribution in [1.29, 1.82) is 0 Å². The minimum absolute atomic E-state index is 0.251. The van der Waals surface area contributed by atoms with E-state index in [1.807, 2.05) is 13.0 Å². The zero-order chi connectivity index (χ0) is 15.7. The summed E-state index contributed by atoms with van der Waals surface area (Å²) in [6.45, 7) is 4.35. The summed E-state index contributed by atoms with van der Waals surface area (Å²) in [6.07, 6.45) is 2.52. The van der Waals surface area contributed by atoms with Gasteiger partial charge in [0.05, 0.1) is 0 Å². The smallest absolute Gasteiger partial charge is 0.269 e. The summed E-state index contributed by atoms with van der Waals surface area (Å²) in [5.41, 5.74) is 3.99. The fourth-order valence-electron chi connectivity index (χ4n) is 2.81. The first-order valence-electron chi connectivity index (χ1n) is 7.33. The predicted molar refractivity (Wildman–Crippen MR) is 79.0 cm³/mol. The topological polar surface area (TPSA) is 94.7 Å². The molecular weight excluding hydrogens is 284 g/mol. The van der Waals surface area contributed by atoms with E-state index < -0.39 is 5.92 Å². The summed E-state index contributed by atoms with van der Waals surface area (Å²) < 4.78 is 2.94. The lowest BCUT2D eigenvalue weighted by molar-refractivity contribution is -0.118. The van der Waals surface area contributed by atoms with Crippen molar-refractivity contribution in [3.63, 3.8) is 0 Å². The molecule has 0 bridgehead atoms. The highest BCUT2D eigenvalue weighted by atomic mass is 16.2. The summed E-state index contributed by atoms with van der Waals surface area (Å²) in [7, 11) is 0. The number of aryl methyl sites for hydroxylation is 3. The maximum Gasteiger partial charge on any atom is 0.269 e. The highest BCUT2D eigenvalue weighted by molar-refractivity contribution is 5.89. The molecule has 3 rings (SSSR count). The molecule has 1 aliphatic rings. The molecule has 0 saturated heterocycles. The molecule has 0 saturated carbocycles. The Kier molecular flexibility index (Phi) is 3.74. The van der Waals surface area contributed by atoms with Crippen LogP contribution in [0.15, 0.2) is 16.9 Å². The summed E-state index contributed by atoms with van der Waals surface area (Å²) in [5, 5.41) is 11.5. The predicted octanol–water partition coefficient (Wildman–Crippen LogP) is 0.489. The van der Waals surface area contributed by atoms with Crippen LogP contribution in [0.1, 0.15) is 42.3 Å². The Balaban J connectivity index is 1.89. The van der Waals surface area contributed by atoms with Crippen LogP contribution in [0.3, 0.4) is 0 Å². The third-order valence-corrected chi connectivity index (χ3v) is 3.88. The van der Waals surface area contributed by atoms with E-state index in [0.29, 0.717) is 17.9 Å². The largest absolute Gasteiger partial charge is 0.272 e. The SMILES string of the molecule is Cc1cc(C)n(NC(=O)C2CCCCn3nnnc32)c(=O)c1. The molecule has 3 heterocycles. The zero-order valence-corrected chi connectivity index (χ0v) is 12.6. The average Bonchev–Trinajstić information content (AvgIpc) is 2.82. The summed E-state index contributed by atoms with van der Waals surface area (Å²) >= 11 is 0. The van der Waals surface area contributed by atoms with Gasteiger partial charge >= 0.3 is 0 Å². The molecule has 0 radical (unpaired) electrons. The van der Waals surface area contributed by atoms with E-state index in [4.69, 9.17) is 0 Å². The van der Waals surface area contributed by atoms with Gasteiger partial charge in [-0.15, -0.1) is 5.10 Å². The second-order valence-corrected chi connectivity index (χ2v) is 5.63. The number of aromatic nitrogens is 5. The van der Waals surface area contributed by atoms with Gasteiger partial charge in [0.2, 0.25) is 5.91 Å². The highest BCUT2D eigenvalue weighted by Crippen LogP contribution is 2.24. The Hall–Kier alpha value is -2.51. The molecule has 2 aromatic heterocycles. The molecule has 0 aliphatic carbocycles. The number of hydrogen-bond acceptors (Lipinski definition) is 5. The van der Waals surface area contributed by atoms with Crippen molar-refractivity contribution in [3.8, 4) is 0 Å². The number of tetrazole rings is 1. The number of nitrogens with zero attached hydrogens (tertiary/aromatic N) is 5. The van der Waals surface area contributed by atoms with Crippen LogP contribution in [-0.4, -0.2) is 30.8 Å². The van der Waals surface area contributed by atoms with Crippen LogP contribution in [0.4, 0.5) is 0 Å². The van der Waals surface area contributed by atoms with E-state index in [1.54, 1.807) is 11.6 Å². The number of fused-ring (bicyclic) bond motifs is 1. The van der Waals surface area contributed by atoms with Crippen molar-refractivity contribution in [2.24, 2.45) is 0 Å². The molecule has 1 N–H and O–H groups in total. The Labute approximate surface area is 127 Å². The van der Waals surface area contributed by atoms with Crippen molar-refractivity contribution in [2.45, 2.75) is 45.6 Å². The second kappa shape index (κ2) is 5.70. The minimum atomic E-state index is -0.440. The second-order valence-electron chi connectivity index (χ2n) is 5.63. The van der Waals surface area contributed by atoms with Crippen molar-refractivity contribution >= 4 is 5.91 Å². The van der Waals surface area contributed by atoms with Crippen LogP contribution in [-0.2, 0) is 11.3 Å². The van der Waals surface area contributed by atoms with Gasteiger partial charge in [-0.25, -0.2) is 9.36 Å². The van der Waals surface area contributed by atoms with Crippen molar-refractivity contribution in [1.82, 2.24) is 24.9 Å². The zero-order valence-electron chi connectivity index (χ0n) is 12.6. The van der Waals surface area contributed by atoms with Crippen molar-refractivity contribution in [3.05, 3.63) is 39.6 Å². The third kappa shape index (κ3) is 2.63. The summed E-state index contributed by atoms with van der Waals surface area (Å²) in [5.74, 6) is -0.134. The average molecular weight is 302 g/mol. The Morgan fingerprint density at radius 2 is 2.14 bits per heavy atom. The number of rotatable bonds is 2. The van der Waals surface area contributed by atoms with E-state index in [-0.39, 0.29) is 11.5 Å². The Morgan fingerprint density at radius 3 is 2.91 bits per heavy atom. The molecule has 1 aliphatic heterocycles. The standard InChI is InChI=1S/C14H18N6O2/c1-9-7-10(2)20(12(21)8-9)16-14(22)11-5-3-4-6-19-13(11)15-17-18-19/h7-8,11H,3-6H2,1-2H3,(H,16,22). The number of carbonyl (C=O) groups excluding carboxylic acids is 1. The lowest BCUT2D eigenvalue weighted by Crippen LogP contribution is -2.37. The highest BCUT2D eigenvalue weighted by Gasteiger charge is 2.29. The van der Waals surface area contributed by atoms with E-state index in [2.05, 4.69) is 21.0 Å². The summed E-state index contributed by atoms with van der Waals surface area (Å²) in [6, 6.07) is 3.34. The molecule has 8 heteroatoms. The molecule has 1 amide bonds. The van der Waals surface area contributed by atoms with Crippen LogP contribution in [0, 0.1) is 13.8 Å². The first-order chi connectivity index (χ1) is 10.6. The maximum absolute atomic E-state index is 12.6. The molecule has 8 nitrogen and oxygen atoms in total. The number of hydrogen-bond donors (Lipinski definition) is 1. The Bertz CT molecular complexity index is 763. The van der Waals surface area contributed by atoms with E-state index in [9.17, 15) is 9.59 Å². The maximum atomic E-state index is 12.6. The first kappa shape index (κ1) is 14.4. The van der Waals surface area contributed by atoms with Gasteiger partial charge < -0.3 is 0 Å². The fraction of sp³-hybridized carbons (Fsp3) is 0.500. The van der Waals surface area contributed by atoms with Gasteiger partial charge in [-0.05, 0) is 48.7 Å². The van der Waals surface area contributed by atoms with E-state index in [0.717, 1.165) is 24.9 Å². The third-order valence-electron chi connectivity index (χ3n) is 3.88.